The summed E-state index contributed by atoms with van der Waals surface area (Å²) in [6.07, 6.45) is -7.00. The molecule has 28 heavy (non-hydrogen) atoms. The van der Waals surface area contributed by atoms with Gasteiger partial charge in [0.25, 0.3) is 12.3 Å². The third kappa shape index (κ3) is 4.88. The molecule has 0 saturated heterocycles. The first-order valence-corrected chi connectivity index (χ1v) is 8.61. The molecule has 1 aromatic carbocycles. The third-order valence-electron chi connectivity index (χ3n) is 3.44. The van der Waals surface area contributed by atoms with Gasteiger partial charge in [0.15, 0.2) is 0 Å². The van der Waals surface area contributed by atoms with Gasteiger partial charge in [0.1, 0.15) is 5.69 Å². The zero-order valence-corrected chi connectivity index (χ0v) is 14.7. The number of amides is 1. The van der Waals surface area contributed by atoms with Crippen LogP contribution in [0.4, 0.5) is 22.0 Å². The Bertz CT molecular complexity index is 953. The molecule has 0 radical (unpaired) electrons. The number of rotatable bonds is 6. The Morgan fingerprint density at radius 3 is 2.50 bits per heavy atom. The summed E-state index contributed by atoms with van der Waals surface area (Å²) < 4.78 is 65.9. The van der Waals surface area contributed by atoms with Crippen molar-refractivity contribution >= 4 is 17.2 Å². The topological polar surface area (TPSA) is 80.9 Å². The van der Waals surface area contributed by atoms with Crippen LogP contribution in [0.1, 0.15) is 27.0 Å². The Labute approximate surface area is 158 Å². The number of carbonyl (C=O) groups is 1. The van der Waals surface area contributed by atoms with Gasteiger partial charge >= 0.3 is 12.1 Å². The quantitative estimate of drug-likeness (QED) is 0.616. The van der Waals surface area contributed by atoms with E-state index in [1.165, 1.54) is 28.8 Å². The molecule has 3 aromatic rings. The van der Waals surface area contributed by atoms with Crippen LogP contribution in [0.5, 0.6) is 0 Å². The summed E-state index contributed by atoms with van der Waals surface area (Å²) in [7, 11) is 0. The largest absolute Gasteiger partial charge is 0.471 e. The summed E-state index contributed by atoms with van der Waals surface area (Å²) in [4.78, 5) is 19.1. The average Bonchev–Trinajstić information content (AvgIpc) is 3.29. The number of hydrogen-bond donors (Lipinski definition) is 1. The molecule has 1 N–H and O–H groups in total. The molecule has 12 heteroatoms. The number of hydrogen-bond acceptors (Lipinski definition) is 6. The maximum atomic E-state index is 12.5. The molecule has 2 heterocycles. The van der Waals surface area contributed by atoms with E-state index < -0.39 is 30.9 Å². The van der Waals surface area contributed by atoms with E-state index in [4.69, 9.17) is 0 Å². The fraction of sp³-hybridized carbons (Fsp3) is 0.250. The van der Waals surface area contributed by atoms with Crippen molar-refractivity contribution in [2.24, 2.45) is 0 Å². The van der Waals surface area contributed by atoms with Gasteiger partial charge in [-0.15, -0.1) is 11.3 Å². The lowest BCUT2D eigenvalue weighted by Crippen LogP contribution is -2.28. The minimum absolute atomic E-state index is 0.0451. The van der Waals surface area contributed by atoms with Crippen LogP contribution in [-0.2, 0) is 12.6 Å². The minimum atomic E-state index is -4.71. The first-order valence-electron chi connectivity index (χ1n) is 7.73. The number of carbonyl (C=O) groups excluding carboxylic acids is 1. The number of alkyl halides is 5. The highest BCUT2D eigenvalue weighted by molar-refractivity contribution is 7.09. The fourth-order valence-electron chi connectivity index (χ4n) is 2.16. The second-order valence-electron chi connectivity index (χ2n) is 5.52. The zero-order valence-electron chi connectivity index (χ0n) is 13.8. The Kier molecular flexibility index (Phi) is 5.68. The van der Waals surface area contributed by atoms with Crippen LogP contribution < -0.4 is 5.32 Å². The predicted octanol–water partition coefficient (Wildman–Crippen LogP) is 3.80. The number of aromatic nitrogens is 3. The van der Waals surface area contributed by atoms with Gasteiger partial charge in [-0.25, -0.2) is 13.8 Å². The van der Waals surface area contributed by atoms with E-state index in [1.54, 1.807) is 12.1 Å². The van der Waals surface area contributed by atoms with Crippen LogP contribution in [-0.4, -0.2) is 34.0 Å². The summed E-state index contributed by atoms with van der Waals surface area (Å²) >= 11 is 1.19. The first-order chi connectivity index (χ1) is 13.2. The van der Waals surface area contributed by atoms with Crippen LogP contribution in [0.3, 0.4) is 0 Å². The van der Waals surface area contributed by atoms with Gasteiger partial charge < -0.3 is 9.84 Å². The zero-order chi connectivity index (χ0) is 20.3. The van der Waals surface area contributed by atoms with E-state index >= 15 is 0 Å². The lowest BCUT2D eigenvalue weighted by molar-refractivity contribution is -0.159. The monoisotopic (exact) mass is 418 g/mol. The second kappa shape index (κ2) is 8.00. The fourth-order valence-corrected chi connectivity index (χ4v) is 2.97. The summed E-state index contributed by atoms with van der Waals surface area (Å²) in [6, 6.07) is 6.36. The SMILES string of the molecule is O=C(NCC(F)F)c1csc(Cc2ccc(-c3noc(C(F)(F)F)n3)cc2)n1. The number of thiazole rings is 1. The number of halogens is 5. The average molecular weight is 418 g/mol. The van der Waals surface area contributed by atoms with Crippen molar-refractivity contribution in [1.82, 2.24) is 20.4 Å². The molecule has 1 amide bonds. The first kappa shape index (κ1) is 19.9. The van der Waals surface area contributed by atoms with Gasteiger partial charge in [0.05, 0.1) is 11.6 Å². The van der Waals surface area contributed by atoms with Gasteiger partial charge in [-0.05, 0) is 5.56 Å². The highest BCUT2D eigenvalue weighted by Crippen LogP contribution is 2.29. The van der Waals surface area contributed by atoms with E-state index in [2.05, 4.69) is 25.0 Å². The highest BCUT2D eigenvalue weighted by Gasteiger charge is 2.38. The van der Waals surface area contributed by atoms with Gasteiger partial charge in [-0.2, -0.15) is 18.2 Å². The lowest BCUT2D eigenvalue weighted by Gasteiger charge is -2.01. The highest BCUT2D eigenvalue weighted by atomic mass is 32.1. The van der Waals surface area contributed by atoms with Crippen LogP contribution in [0.15, 0.2) is 34.2 Å². The van der Waals surface area contributed by atoms with Crippen molar-refractivity contribution in [1.29, 1.82) is 0 Å². The maximum absolute atomic E-state index is 12.5. The van der Waals surface area contributed by atoms with E-state index in [9.17, 15) is 26.7 Å². The van der Waals surface area contributed by atoms with Crippen molar-refractivity contribution in [2.45, 2.75) is 19.0 Å². The molecule has 2 aromatic heterocycles. The van der Waals surface area contributed by atoms with Crippen LogP contribution in [0.2, 0.25) is 0 Å². The Hall–Kier alpha value is -2.89. The molecule has 6 nitrogen and oxygen atoms in total. The van der Waals surface area contributed by atoms with Crippen LogP contribution >= 0.6 is 11.3 Å². The van der Waals surface area contributed by atoms with E-state index in [0.29, 0.717) is 17.0 Å². The molecule has 0 unspecified atom stereocenters. The number of nitrogens with zero attached hydrogens (tertiary/aromatic N) is 3. The van der Waals surface area contributed by atoms with Gasteiger partial charge in [0.2, 0.25) is 5.82 Å². The Morgan fingerprint density at radius 1 is 1.18 bits per heavy atom. The van der Waals surface area contributed by atoms with Gasteiger partial charge in [-0.3, -0.25) is 4.79 Å². The normalized spacial score (nSPS) is 11.8. The molecular formula is C16H11F5N4O2S. The molecular weight excluding hydrogens is 407 g/mol. The van der Waals surface area contributed by atoms with Crippen molar-refractivity contribution in [3.05, 3.63) is 51.8 Å². The molecule has 3 rings (SSSR count). The summed E-state index contributed by atoms with van der Waals surface area (Å²) in [5.41, 5.74) is 1.16. The molecule has 0 saturated carbocycles. The van der Waals surface area contributed by atoms with Crippen LogP contribution in [0, 0.1) is 0 Å². The molecule has 0 fully saturated rings. The van der Waals surface area contributed by atoms with E-state index in [-0.39, 0.29) is 11.5 Å². The van der Waals surface area contributed by atoms with Gasteiger partial charge in [-0.1, -0.05) is 29.4 Å². The summed E-state index contributed by atoms with van der Waals surface area (Å²) in [5.74, 6) is -2.30. The predicted molar refractivity (Wildman–Crippen MR) is 88.0 cm³/mol. The molecule has 148 valence electrons. The smallest absolute Gasteiger partial charge is 0.345 e. The molecule has 0 aliphatic heterocycles. The van der Waals surface area contributed by atoms with E-state index in [0.717, 1.165) is 5.56 Å². The van der Waals surface area contributed by atoms with Crippen LogP contribution in [0.25, 0.3) is 11.4 Å². The number of benzene rings is 1. The summed E-state index contributed by atoms with van der Waals surface area (Å²) in [6.45, 7) is -0.751. The van der Waals surface area contributed by atoms with Crippen molar-refractivity contribution in [2.75, 3.05) is 6.54 Å². The van der Waals surface area contributed by atoms with Gasteiger partial charge in [0, 0.05) is 17.4 Å². The molecule has 0 atom stereocenters. The second-order valence-corrected chi connectivity index (χ2v) is 6.46. The molecule has 0 aliphatic rings. The van der Waals surface area contributed by atoms with E-state index in [1.807, 2.05) is 0 Å². The summed E-state index contributed by atoms with van der Waals surface area (Å²) in [5, 5.41) is 7.41. The van der Waals surface area contributed by atoms with Crippen molar-refractivity contribution < 1.29 is 31.3 Å². The molecule has 0 aliphatic carbocycles. The molecule has 0 bridgehead atoms. The standard InChI is InChI=1S/C16H11F5N4O2S/c17-11(18)6-22-14(26)10-7-28-12(23-10)5-8-1-3-9(4-2-8)13-24-15(27-25-13)16(19,20)21/h1-4,7,11H,5-6H2,(H,22,26). The Balaban J connectivity index is 1.65. The molecule has 0 spiro atoms. The maximum Gasteiger partial charge on any atom is 0.471 e. The van der Waals surface area contributed by atoms with Crippen molar-refractivity contribution in [3.63, 3.8) is 0 Å². The third-order valence-corrected chi connectivity index (χ3v) is 4.29. The Morgan fingerprint density at radius 2 is 1.89 bits per heavy atom. The van der Waals surface area contributed by atoms with Crippen molar-refractivity contribution in [3.8, 4) is 11.4 Å². The number of nitrogens with one attached hydrogen (secondary N) is 1. The minimum Gasteiger partial charge on any atom is -0.345 e. The lowest BCUT2D eigenvalue weighted by atomic mass is 10.1.